The van der Waals surface area contributed by atoms with Crippen LogP contribution in [0, 0.1) is 0 Å². The maximum absolute atomic E-state index is 12.5. The van der Waals surface area contributed by atoms with E-state index in [0.717, 1.165) is 5.56 Å². The minimum absolute atomic E-state index is 0.0366. The number of benzene rings is 2. The van der Waals surface area contributed by atoms with Crippen LogP contribution in [0.1, 0.15) is 30.1 Å². The molecule has 3 aromatic rings. The molecule has 0 spiro atoms. The summed E-state index contributed by atoms with van der Waals surface area (Å²) in [4.78, 5) is 12.4. The second kappa shape index (κ2) is 8.85. The van der Waals surface area contributed by atoms with E-state index in [2.05, 4.69) is 30.8 Å². The molecular formula is C19H18BrN3O5S. The molecule has 0 atom stereocenters. The van der Waals surface area contributed by atoms with Crippen molar-refractivity contribution < 1.29 is 22.4 Å². The van der Waals surface area contributed by atoms with Crippen molar-refractivity contribution in [2.45, 2.75) is 31.4 Å². The second-order valence-electron chi connectivity index (χ2n) is 6.36. The van der Waals surface area contributed by atoms with Crippen LogP contribution in [0.2, 0.25) is 0 Å². The minimum atomic E-state index is -3.75. The van der Waals surface area contributed by atoms with E-state index in [-0.39, 0.29) is 29.0 Å². The van der Waals surface area contributed by atoms with E-state index in [1.54, 1.807) is 13.8 Å². The summed E-state index contributed by atoms with van der Waals surface area (Å²) >= 11 is 3.24. The van der Waals surface area contributed by atoms with E-state index >= 15 is 0 Å². The van der Waals surface area contributed by atoms with Gasteiger partial charge in [0.15, 0.2) is 6.61 Å². The Bertz CT molecular complexity index is 1110. The summed E-state index contributed by atoms with van der Waals surface area (Å²) in [5.41, 5.74) is 0.815. The number of aromatic nitrogens is 2. The highest BCUT2D eigenvalue weighted by molar-refractivity contribution is 9.10. The Hall–Kier alpha value is -2.56. The second-order valence-corrected chi connectivity index (χ2v) is 8.93. The first kappa shape index (κ1) is 21.2. The third-order valence-corrected chi connectivity index (χ3v) is 6.02. The molecule has 0 aliphatic heterocycles. The molecule has 152 valence electrons. The van der Waals surface area contributed by atoms with Crippen molar-refractivity contribution in [1.82, 2.24) is 14.9 Å². The van der Waals surface area contributed by atoms with Gasteiger partial charge >= 0.3 is 5.97 Å². The lowest BCUT2D eigenvalue weighted by atomic mass is 10.2. The molecule has 2 aromatic carbocycles. The highest BCUT2D eigenvalue weighted by atomic mass is 79.9. The largest absolute Gasteiger partial charge is 0.452 e. The van der Waals surface area contributed by atoms with Crippen LogP contribution in [-0.4, -0.2) is 30.6 Å². The molecule has 0 radical (unpaired) electrons. The molecule has 10 heteroatoms. The number of sulfonamides is 1. The van der Waals surface area contributed by atoms with E-state index in [9.17, 15) is 13.2 Å². The molecule has 29 heavy (non-hydrogen) atoms. The van der Waals surface area contributed by atoms with Crippen LogP contribution in [0.15, 0.2) is 62.3 Å². The number of carbonyl (C=O) groups excluding carboxylic acids is 1. The van der Waals surface area contributed by atoms with Crippen molar-refractivity contribution in [3.8, 4) is 11.5 Å². The molecule has 0 aliphatic rings. The third kappa shape index (κ3) is 5.28. The van der Waals surface area contributed by atoms with Crippen LogP contribution in [0.25, 0.3) is 11.5 Å². The van der Waals surface area contributed by atoms with Crippen molar-refractivity contribution in [2.24, 2.45) is 0 Å². The van der Waals surface area contributed by atoms with Gasteiger partial charge in [-0.1, -0.05) is 18.2 Å². The third-order valence-electron chi connectivity index (χ3n) is 3.67. The Balaban J connectivity index is 1.73. The highest BCUT2D eigenvalue weighted by Crippen LogP contribution is 2.23. The van der Waals surface area contributed by atoms with Gasteiger partial charge in [-0.25, -0.2) is 17.9 Å². The lowest BCUT2D eigenvalue weighted by molar-refractivity contribution is 0.0437. The van der Waals surface area contributed by atoms with Crippen LogP contribution < -0.4 is 4.72 Å². The number of esters is 1. The summed E-state index contributed by atoms with van der Waals surface area (Å²) in [6.07, 6.45) is 0. The standard InChI is InChI=1S/C19H18BrN3O5S/c1-12(2)23-29(25,26)14-8-9-16(20)15(10-14)19(24)27-11-17-21-22-18(28-17)13-6-4-3-5-7-13/h3-10,12,23H,11H2,1-2H3. The first-order valence-corrected chi connectivity index (χ1v) is 10.9. The number of hydrogen-bond donors (Lipinski definition) is 1. The van der Waals surface area contributed by atoms with E-state index in [4.69, 9.17) is 9.15 Å². The molecule has 0 saturated heterocycles. The van der Waals surface area contributed by atoms with Gasteiger partial charge in [0, 0.05) is 16.1 Å². The molecule has 1 heterocycles. The summed E-state index contributed by atoms with van der Waals surface area (Å²) < 4.78 is 38.2. The molecule has 0 aliphatic carbocycles. The van der Waals surface area contributed by atoms with Crippen molar-refractivity contribution in [1.29, 1.82) is 0 Å². The summed E-state index contributed by atoms with van der Waals surface area (Å²) in [6, 6.07) is 13.0. The topological polar surface area (TPSA) is 111 Å². The zero-order chi connectivity index (χ0) is 21.0. The molecule has 0 amide bonds. The first-order valence-electron chi connectivity index (χ1n) is 8.63. The number of rotatable bonds is 7. The Morgan fingerprint density at radius 1 is 1.17 bits per heavy atom. The molecule has 8 nitrogen and oxygen atoms in total. The Morgan fingerprint density at radius 3 is 2.59 bits per heavy atom. The minimum Gasteiger partial charge on any atom is -0.452 e. The predicted molar refractivity (Wildman–Crippen MR) is 108 cm³/mol. The average molecular weight is 480 g/mol. The lowest BCUT2D eigenvalue weighted by Crippen LogP contribution is -2.30. The number of nitrogens with one attached hydrogen (secondary N) is 1. The van der Waals surface area contributed by atoms with Crippen LogP contribution >= 0.6 is 15.9 Å². The molecule has 0 bridgehead atoms. The number of ether oxygens (including phenoxy) is 1. The predicted octanol–water partition coefficient (Wildman–Crippen LogP) is 3.54. The SMILES string of the molecule is CC(C)NS(=O)(=O)c1ccc(Br)c(C(=O)OCc2nnc(-c3ccccc3)o2)c1. The van der Waals surface area contributed by atoms with E-state index in [0.29, 0.717) is 10.4 Å². The smallest absolute Gasteiger partial charge is 0.339 e. The fourth-order valence-electron chi connectivity index (χ4n) is 2.42. The molecule has 0 fully saturated rings. The van der Waals surface area contributed by atoms with E-state index < -0.39 is 16.0 Å². The first-order chi connectivity index (χ1) is 13.8. The van der Waals surface area contributed by atoms with Crippen LogP contribution in [0.3, 0.4) is 0 Å². The van der Waals surface area contributed by atoms with E-state index in [1.807, 2.05) is 30.3 Å². The monoisotopic (exact) mass is 479 g/mol. The number of carbonyl (C=O) groups is 1. The van der Waals surface area contributed by atoms with Crippen LogP contribution in [0.4, 0.5) is 0 Å². The van der Waals surface area contributed by atoms with Gasteiger partial charge in [0.1, 0.15) is 0 Å². The Kier molecular flexibility index (Phi) is 6.46. The zero-order valence-corrected chi connectivity index (χ0v) is 18.0. The lowest BCUT2D eigenvalue weighted by Gasteiger charge is -2.11. The average Bonchev–Trinajstić information content (AvgIpc) is 3.15. The van der Waals surface area contributed by atoms with Crippen LogP contribution in [0.5, 0.6) is 0 Å². The Morgan fingerprint density at radius 2 is 1.90 bits per heavy atom. The zero-order valence-electron chi connectivity index (χ0n) is 15.6. The summed E-state index contributed by atoms with van der Waals surface area (Å²) in [5, 5.41) is 7.78. The molecule has 1 N–H and O–H groups in total. The summed E-state index contributed by atoms with van der Waals surface area (Å²) in [7, 11) is -3.75. The summed E-state index contributed by atoms with van der Waals surface area (Å²) in [6.45, 7) is 3.17. The molecule has 0 unspecified atom stereocenters. The normalized spacial score (nSPS) is 11.6. The number of nitrogens with zero attached hydrogens (tertiary/aromatic N) is 2. The van der Waals surface area contributed by atoms with Gasteiger partial charge in [0.25, 0.3) is 5.89 Å². The van der Waals surface area contributed by atoms with Crippen molar-refractivity contribution in [3.63, 3.8) is 0 Å². The molecule has 3 rings (SSSR count). The molecule has 1 aromatic heterocycles. The Labute approximate surface area is 176 Å². The van der Waals surface area contributed by atoms with Crippen molar-refractivity contribution in [2.75, 3.05) is 0 Å². The quantitative estimate of drug-likeness (QED) is 0.515. The van der Waals surface area contributed by atoms with Gasteiger partial charge in [-0.3, -0.25) is 0 Å². The number of hydrogen-bond acceptors (Lipinski definition) is 7. The maximum Gasteiger partial charge on any atom is 0.339 e. The van der Waals surface area contributed by atoms with E-state index in [1.165, 1.54) is 18.2 Å². The van der Waals surface area contributed by atoms with Gasteiger partial charge in [0.05, 0.1) is 10.5 Å². The van der Waals surface area contributed by atoms with Gasteiger partial charge in [-0.05, 0) is 60.1 Å². The van der Waals surface area contributed by atoms with Crippen molar-refractivity contribution >= 4 is 31.9 Å². The maximum atomic E-state index is 12.5. The van der Waals surface area contributed by atoms with Crippen molar-refractivity contribution in [3.05, 3.63) is 64.5 Å². The fourth-order valence-corrected chi connectivity index (χ4v) is 4.11. The molecular weight excluding hydrogens is 462 g/mol. The molecule has 0 saturated carbocycles. The summed E-state index contributed by atoms with van der Waals surface area (Å²) in [5.74, 6) is -0.290. The van der Waals surface area contributed by atoms with Crippen LogP contribution in [-0.2, 0) is 21.4 Å². The highest BCUT2D eigenvalue weighted by Gasteiger charge is 2.21. The van der Waals surface area contributed by atoms with Gasteiger partial charge < -0.3 is 9.15 Å². The van der Waals surface area contributed by atoms with Gasteiger partial charge in [-0.2, -0.15) is 0 Å². The van der Waals surface area contributed by atoms with Gasteiger partial charge in [-0.15, -0.1) is 10.2 Å². The fraction of sp³-hybridized carbons (Fsp3) is 0.211. The van der Waals surface area contributed by atoms with Gasteiger partial charge in [0.2, 0.25) is 15.9 Å². The number of halogens is 1.